The van der Waals surface area contributed by atoms with Crippen molar-refractivity contribution in [1.82, 2.24) is 4.90 Å². The molecule has 2 aliphatic rings. The van der Waals surface area contributed by atoms with E-state index >= 15 is 0 Å². The van der Waals surface area contributed by atoms with Crippen LogP contribution in [0.25, 0.3) is 6.08 Å². The van der Waals surface area contributed by atoms with Crippen LogP contribution >= 0.6 is 11.6 Å². The largest absolute Gasteiger partial charge is 0.369 e. The summed E-state index contributed by atoms with van der Waals surface area (Å²) < 4.78 is 13.2. The van der Waals surface area contributed by atoms with Gasteiger partial charge in [-0.25, -0.2) is 4.39 Å². The average Bonchev–Trinajstić information content (AvgIpc) is 2.81. The lowest BCUT2D eigenvalue weighted by Crippen LogP contribution is -2.47. The van der Waals surface area contributed by atoms with Crippen LogP contribution in [0.15, 0.2) is 78.4 Å². The van der Waals surface area contributed by atoms with E-state index in [9.17, 15) is 9.18 Å². The molecule has 0 bridgehead atoms. The Bertz CT molecular complexity index is 1030. The van der Waals surface area contributed by atoms with Gasteiger partial charge in [0, 0.05) is 49.0 Å². The molecule has 1 unspecified atom stereocenters. The number of allylic oxidation sites excluding steroid dienone is 4. The van der Waals surface area contributed by atoms with Crippen molar-refractivity contribution in [3.8, 4) is 0 Å². The van der Waals surface area contributed by atoms with Crippen molar-refractivity contribution in [3.05, 3.63) is 94.8 Å². The first-order valence-electron chi connectivity index (χ1n) is 11.0. The molecule has 2 aromatic carbocycles. The number of piperazine rings is 1. The molecule has 1 atom stereocenters. The van der Waals surface area contributed by atoms with Crippen molar-refractivity contribution in [2.75, 3.05) is 37.6 Å². The van der Waals surface area contributed by atoms with Gasteiger partial charge in [0.25, 0.3) is 0 Å². The van der Waals surface area contributed by atoms with Crippen molar-refractivity contribution >= 4 is 29.1 Å². The van der Waals surface area contributed by atoms with Gasteiger partial charge in [0.1, 0.15) is 5.82 Å². The Balaban J connectivity index is 1.50. The Morgan fingerprint density at radius 3 is 2.34 bits per heavy atom. The van der Waals surface area contributed by atoms with E-state index in [2.05, 4.69) is 15.9 Å². The van der Waals surface area contributed by atoms with Crippen LogP contribution in [-0.4, -0.2) is 43.4 Å². The number of benzene rings is 2. The second kappa shape index (κ2) is 9.85. The fourth-order valence-electron chi connectivity index (χ4n) is 4.26. The summed E-state index contributed by atoms with van der Waals surface area (Å²) in [6.07, 6.45) is 10.7. The maximum absolute atomic E-state index is 13.6. The second-order valence-corrected chi connectivity index (χ2v) is 9.14. The highest BCUT2D eigenvalue weighted by Crippen LogP contribution is 2.32. The molecule has 3 nitrogen and oxygen atoms in total. The summed E-state index contributed by atoms with van der Waals surface area (Å²) >= 11 is 6.05. The summed E-state index contributed by atoms with van der Waals surface area (Å²) in [5.74, 6) is -0.0583. The van der Waals surface area contributed by atoms with Gasteiger partial charge in [-0.3, -0.25) is 9.69 Å². The molecule has 0 amide bonds. The third-order valence-electron chi connectivity index (χ3n) is 6.23. The molecular formula is C27H28ClFN2O. The Morgan fingerprint density at radius 1 is 1.03 bits per heavy atom. The van der Waals surface area contributed by atoms with E-state index in [0.29, 0.717) is 18.0 Å². The van der Waals surface area contributed by atoms with Gasteiger partial charge in [-0.15, -0.1) is 0 Å². The van der Waals surface area contributed by atoms with Crippen molar-refractivity contribution < 1.29 is 9.18 Å². The van der Waals surface area contributed by atoms with Crippen molar-refractivity contribution in [3.63, 3.8) is 0 Å². The number of anilines is 1. The number of hydrogen-bond donors (Lipinski definition) is 0. The Hall–Kier alpha value is -2.69. The molecule has 4 rings (SSSR count). The predicted molar refractivity (Wildman–Crippen MR) is 130 cm³/mol. The van der Waals surface area contributed by atoms with Gasteiger partial charge in [-0.1, -0.05) is 48.0 Å². The third-order valence-corrected chi connectivity index (χ3v) is 6.48. The summed E-state index contributed by atoms with van der Waals surface area (Å²) in [4.78, 5) is 18.2. The molecule has 166 valence electrons. The highest BCUT2D eigenvalue weighted by Gasteiger charge is 2.33. The predicted octanol–water partition coefficient (Wildman–Crippen LogP) is 5.78. The first-order chi connectivity index (χ1) is 15.4. The molecular weight excluding hydrogens is 423 g/mol. The zero-order chi connectivity index (χ0) is 22.6. The lowest BCUT2D eigenvalue weighted by Gasteiger charge is -2.37. The minimum atomic E-state index is -0.525. The third kappa shape index (κ3) is 5.37. The van der Waals surface area contributed by atoms with Crippen LogP contribution in [0.5, 0.6) is 0 Å². The fraction of sp³-hybridized carbons (Fsp3) is 0.296. The molecule has 0 N–H and O–H groups in total. The highest BCUT2D eigenvalue weighted by molar-refractivity contribution is 6.30. The number of nitrogens with zero attached hydrogens (tertiary/aromatic N) is 2. The van der Waals surface area contributed by atoms with Crippen molar-refractivity contribution in [2.24, 2.45) is 5.41 Å². The molecule has 32 heavy (non-hydrogen) atoms. The molecule has 1 aliphatic heterocycles. The number of carbonyl (C=O) groups excluding carboxylic acids is 1. The zero-order valence-corrected chi connectivity index (χ0v) is 19.1. The second-order valence-electron chi connectivity index (χ2n) is 8.70. The molecule has 1 saturated heterocycles. The van der Waals surface area contributed by atoms with E-state index in [0.717, 1.165) is 43.0 Å². The molecule has 0 saturated carbocycles. The first kappa shape index (κ1) is 22.5. The quantitative estimate of drug-likeness (QED) is 0.521. The van der Waals surface area contributed by atoms with Gasteiger partial charge in [-0.05, 0) is 61.4 Å². The topological polar surface area (TPSA) is 23.6 Å². The lowest BCUT2D eigenvalue weighted by atomic mass is 9.76. The highest BCUT2D eigenvalue weighted by atomic mass is 35.5. The van der Waals surface area contributed by atoms with Crippen LogP contribution in [0.4, 0.5) is 10.1 Å². The van der Waals surface area contributed by atoms with Gasteiger partial charge in [-0.2, -0.15) is 0 Å². The number of ketones is 1. The van der Waals surface area contributed by atoms with E-state index in [1.165, 1.54) is 12.1 Å². The van der Waals surface area contributed by atoms with Crippen LogP contribution in [0.1, 0.15) is 18.9 Å². The van der Waals surface area contributed by atoms with Crippen LogP contribution < -0.4 is 4.90 Å². The first-order valence-corrected chi connectivity index (χ1v) is 11.4. The molecule has 0 spiro atoms. The standard InChI is InChI=1S/C27H28ClFN2O/c1-27(13-3-2-4-14-27)26(32)22(19-21-5-7-23(28)8-6-21)20-30-15-17-31(18-16-30)25-11-9-24(29)10-12-25/h2-13,19H,14-18,20H2,1H3/b22-19+. The van der Waals surface area contributed by atoms with E-state index in [4.69, 9.17) is 11.6 Å². The van der Waals surface area contributed by atoms with Gasteiger partial charge in [0.15, 0.2) is 5.78 Å². The van der Waals surface area contributed by atoms with Crippen LogP contribution in [-0.2, 0) is 4.79 Å². The Kier molecular flexibility index (Phi) is 6.92. The van der Waals surface area contributed by atoms with Crippen LogP contribution in [0, 0.1) is 11.2 Å². The average molecular weight is 451 g/mol. The SMILES string of the molecule is CC1(C(=O)/C(=C/c2ccc(Cl)cc2)CN2CCN(c3ccc(F)cc3)CC2)C=CC=CC1. The summed E-state index contributed by atoms with van der Waals surface area (Å²) in [7, 11) is 0. The van der Waals surface area contributed by atoms with Crippen molar-refractivity contribution in [2.45, 2.75) is 13.3 Å². The van der Waals surface area contributed by atoms with E-state index in [1.54, 1.807) is 0 Å². The normalized spacial score (nSPS) is 21.7. The Labute approximate surface area is 194 Å². The van der Waals surface area contributed by atoms with E-state index < -0.39 is 5.41 Å². The van der Waals surface area contributed by atoms with Gasteiger partial charge < -0.3 is 4.90 Å². The number of carbonyl (C=O) groups is 1. The maximum Gasteiger partial charge on any atom is 0.170 e. The van der Waals surface area contributed by atoms with Crippen LogP contribution in [0.2, 0.25) is 5.02 Å². The summed E-state index contributed by atoms with van der Waals surface area (Å²) in [6.45, 7) is 5.98. The molecule has 0 radical (unpaired) electrons. The van der Waals surface area contributed by atoms with Gasteiger partial charge >= 0.3 is 0 Å². The van der Waals surface area contributed by atoms with Gasteiger partial charge in [0.2, 0.25) is 0 Å². The Morgan fingerprint density at radius 2 is 1.72 bits per heavy atom. The lowest BCUT2D eigenvalue weighted by molar-refractivity contribution is -0.122. The number of Topliss-reactive ketones (excluding diaryl/α,β-unsaturated/α-hetero) is 1. The number of rotatable bonds is 6. The van der Waals surface area contributed by atoms with E-state index in [-0.39, 0.29) is 11.6 Å². The molecule has 2 aromatic rings. The fourth-order valence-corrected chi connectivity index (χ4v) is 4.39. The molecule has 5 heteroatoms. The minimum Gasteiger partial charge on any atom is -0.369 e. The summed E-state index contributed by atoms with van der Waals surface area (Å²) in [6, 6.07) is 14.2. The molecule has 0 aromatic heterocycles. The monoisotopic (exact) mass is 450 g/mol. The minimum absolute atomic E-state index is 0.161. The zero-order valence-electron chi connectivity index (χ0n) is 18.3. The molecule has 1 heterocycles. The molecule has 1 fully saturated rings. The summed E-state index contributed by atoms with van der Waals surface area (Å²) in [5.41, 5.74) is 2.29. The molecule has 1 aliphatic carbocycles. The van der Waals surface area contributed by atoms with Gasteiger partial charge in [0.05, 0.1) is 5.41 Å². The smallest absolute Gasteiger partial charge is 0.170 e. The van der Waals surface area contributed by atoms with Crippen LogP contribution in [0.3, 0.4) is 0 Å². The summed E-state index contributed by atoms with van der Waals surface area (Å²) in [5, 5.41) is 0.680. The van der Waals surface area contributed by atoms with Crippen molar-refractivity contribution in [1.29, 1.82) is 0 Å². The maximum atomic E-state index is 13.6. The van der Waals surface area contributed by atoms with E-state index in [1.807, 2.05) is 67.6 Å². The number of halogens is 2. The number of hydrogen-bond acceptors (Lipinski definition) is 3.